The van der Waals surface area contributed by atoms with Gasteiger partial charge < -0.3 is 14.8 Å². The lowest BCUT2D eigenvalue weighted by Crippen LogP contribution is -2.30. The van der Waals surface area contributed by atoms with E-state index in [9.17, 15) is 14.9 Å². The lowest BCUT2D eigenvalue weighted by atomic mass is 9.87. The van der Waals surface area contributed by atoms with E-state index in [1.165, 1.54) is 30.9 Å². The van der Waals surface area contributed by atoms with Crippen LogP contribution in [0.15, 0.2) is 60.7 Å². The maximum atomic E-state index is 12.9. The van der Waals surface area contributed by atoms with E-state index < -0.39 is 4.92 Å². The average Bonchev–Trinajstić information content (AvgIpc) is 2.80. The summed E-state index contributed by atoms with van der Waals surface area (Å²) in [6.07, 6.45) is 2.90. The molecule has 1 aliphatic carbocycles. The second-order valence-electron chi connectivity index (χ2n) is 7.45. The molecule has 1 aliphatic rings. The topological polar surface area (TPSA) is 90.7 Å². The number of carbonyl (C=O) groups is 1. The van der Waals surface area contributed by atoms with E-state index in [-0.39, 0.29) is 39.9 Å². The van der Waals surface area contributed by atoms with Gasteiger partial charge in [0.15, 0.2) is 11.5 Å². The fourth-order valence-corrected chi connectivity index (χ4v) is 4.04. The Morgan fingerprint density at radius 3 is 2.66 bits per heavy atom. The molecule has 0 unspecified atom stereocenters. The van der Waals surface area contributed by atoms with Gasteiger partial charge in [0.05, 0.1) is 18.1 Å². The number of nitrogens with zero attached hydrogens (tertiary/aromatic N) is 1. The molecule has 0 heterocycles. The maximum Gasteiger partial charge on any atom is 0.313 e. The summed E-state index contributed by atoms with van der Waals surface area (Å²) >= 11 is 5.86. The number of nitro benzene ring substituents is 1. The molecule has 0 fully saturated rings. The molecule has 0 spiro atoms. The molecule has 0 aromatic heterocycles. The van der Waals surface area contributed by atoms with E-state index in [0.29, 0.717) is 5.56 Å². The molecule has 8 heteroatoms. The van der Waals surface area contributed by atoms with Crippen molar-refractivity contribution in [2.75, 3.05) is 7.11 Å². The van der Waals surface area contributed by atoms with Crippen molar-refractivity contribution in [3.63, 3.8) is 0 Å². The van der Waals surface area contributed by atoms with Crippen LogP contribution in [0.25, 0.3) is 0 Å². The zero-order valence-electron chi connectivity index (χ0n) is 17.3. The van der Waals surface area contributed by atoms with Gasteiger partial charge in [0.25, 0.3) is 5.91 Å². The lowest BCUT2D eigenvalue weighted by molar-refractivity contribution is -0.385. The van der Waals surface area contributed by atoms with Crippen molar-refractivity contribution in [1.29, 1.82) is 0 Å². The van der Waals surface area contributed by atoms with Crippen molar-refractivity contribution in [1.82, 2.24) is 5.32 Å². The molecule has 4 rings (SSSR count). The molecule has 7 nitrogen and oxygen atoms in total. The number of amides is 1. The predicted molar refractivity (Wildman–Crippen MR) is 121 cm³/mol. The van der Waals surface area contributed by atoms with E-state index in [4.69, 9.17) is 21.1 Å². The zero-order chi connectivity index (χ0) is 22.7. The molecular formula is C24H21ClN2O5. The minimum atomic E-state index is -0.572. The van der Waals surface area contributed by atoms with Gasteiger partial charge in [-0.25, -0.2) is 0 Å². The Balaban J connectivity index is 1.56. The average molecular weight is 453 g/mol. The number of rotatable bonds is 6. The van der Waals surface area contributed by atoms with Gasteiger partial charge in [0.1, 0.15) is 0 Å². The number of hydrogen-bond acceptors (Lipinski definition) is 5. The van der Waals surface area contributed by atoms with E-state index in [1.54, 1.807) is 18.2 Å². The number of benzene rings is 3. The van der Waals surface area contributed by atoms with Crippen LogP contribution in [-0.4, -0.2) is 17.9 Å². The molecule has 1 N–H and O–H groups in total. The van der Waals surface area contributed by atoms with Gasteiger partial charge in [-0.05, 0) is 60.7 Å². The molecule has 0 radical (unpaired) electrons. The van der Waals surface area contributed by atoms with Gasteiger partial charge in [-0.1, -0.05) is 35.9 Å². The van der Waals surface area contributed by atoms with Gasteiger partial charge in [-0.2, -0.15) is 0 Å². The summed E-state index contributed by atoms with van der Waals surface area (Å²) in [6.45, 7) is 0. The summed E-state index contributed by atoms with van der Waals surface area (Å²) in [5.41, 5.74) is 2.55. The number of nitrogens with one attached hydrogen (secondary N) is 1. The summed E-state index contributed by atoms with van der Waals surface area (Å²) in [5.74, 6) is 0.325. The highest BCUT2D eigenvalue weighted by molar-refractivity contribution is 6.30. The number of methoxy groups -OCH3 is 1. The van der Waals surface area contributed by atoms with Gasteiger partial charge in [0, 0.05) is 16.7 Å². The number of ether oxygens (including phenoxy) is 2. The second-order valence-corrected chi connectivity index (χ2v) is 7.89. The van der Waals surface area contributed by atoms with Gasteiger partial charge >= 0.3 is 5.69 Å². The standard InChI is InChI=1S/C24H21ClN2O5/c1-31-23-13-16(24(28)26-19-8-4-6-15-5-2-3-7-18(15)19)9-11-22(23)32-21-12-10-17(25)14-20(21)27(29)30/h2-3,5,7,9-14,19H,4,6,8H2,1H3,(H,26,28)/t19-/m0/s1. The summed E-state index contributed by atoms with van der Waals surface area (Å²) in [4.78, 5) is 23.7. The third-order valence-corrected chi connectivity index (χ3v) is 5.67. The summed E-state index contributed by atoms with van der Waals surface area (Å²) in [6, 6.07) is 16.9. The summed E-state index contributed by atoms with van der Waals surface area (Å²) in [7, 11) is 1.44. The first-order chi connectivity index (χ1) is 15.5. The zero-order valence-corrected chi connectivity index (χ0v) is 18.1. The van der Waals surface area contributed by atoms with Crippen LogP contribution in [-0.2, 0) is 6.42 Å². The van der Waals surface area contributed by atoms with Crippen molar-refractivity contribution in [2.24, 2.45) is 0 Å². The van der Waals surface area contributed by atoms with Crippen LogP contribution >= 0.6 is 11.6 Å². The van der Waals surface area contributed by atoms with Crippen molar-refractivity contribution < 1.29 is 19.2 Å². The number of halogens is 1. The van der Waals surface area contributed by atoms with Crippen LogP contribution < -0.4 is 14.8 Å². The molecule has 164 valence electrons. The van der Waals surface area contributed by atoms with Crippen LogP contribution in [0.2, 0.25) is 5.02 Å². The molecule has 3 aromatic rings. The minimum absolute atomic E-state index is 0.0220. The van der Waals surface area contributed by atoms with Crippen LogP contribution in [0.4, 0.5) is 5.69 Å². The van der Waals surface area contributed by atoms with Crippen molar-refractivity contribution in [3.05, 3.63) is 92.5 Å². The lowest BCUT2D eigenvalue weighted by Gasteiger charge is -2.26. The molecule has 32 heavy (non-hydrogen) atoms. The van der Waals surface area contributed by atoms with E-state index in [2.05, 4.69) is 17.4 Å². The summed E-state index contributed by atoms with van der Waals surface area (Å²) < 4.78 is 11.1. The Hall–Kier alpha value is -3.58. The first kappa shape index (κ1) is 21.6. The maximum absolute atomic E-state index is 12.9. The largest absolute Gasteiger partial charge is 0.493 e. The normalized spacial score (nSPS) is 14.9. The van der Waals surface area contributed by atoms with Gasteiger partial charge in [-0.3, -0.25) is 14.9 Å². The molecule has 1 atom stereocenters. The number of aryl methyl sites for hydroxylation is 1. The number of nitro groups is 1. The fourth-order valence-electron chi connectivity index (χ4n) is 3.88. The van der Waals surface area contributed by atoms with Crippen LogP contribution in [0.3, 0.4) is 0 Å². The molecule has 0 aliphatic heterocycles. The van der Waals surface area contributed by atoms with Crippen LogP contribution in [0.5, 0.6) is 17.2 Å². The predicted octanol–water partition coefficient (Wildman–Crippen LogP) is 5.86. The monoisotopic (exact) mass is 452 g/mol. The molecule has 3 aromatic carbocycles. The molecule has 1 amide bonds. The SMILES string of the molecule is COc1cc(C(=O)N[C@H]2CCCc3ccccc32)ccc1Oc1ccc(Cl)cc1[N+](=O)[O-]. The van der Waals surface area contributed by atoms with Gasteiger partial charge in [0.2, 0.25) is 5.75 Å². The Morgan fingerprint density at radius 1 is 1.09 bits per heavy atom. The Kier molecular flexibility index (Phi) is 6.28. The third kappa shape index (κ3) is 4.53. The highest BCUT2D eigenvalue weighted by atomic mass is 35.5. The van der Waals surface area contributed by atoms with Gasteiger partial charge in [-0.15, -0.1) is 0 Å². The third-order valence-electron chi connectivity index (χ3n) is 5.44. The second kappa shape index (κ2) is 9.28. The van der Waals surface area contributed by atoms with Crippen molar-refractivity contribution >= 4 is 23.2 Å². The smallest absolute Gasteiger partial charge is 0.313 e. The molecular weight excluding hydrogens is 432 g/mol. The number of carbonyl (C=O) groups excluding carboxylic acids is 1. The highest BCUT2D eigenvalue weighted by Crippen LogP contribution is 2.38. The molecule has 0 saturated heterocycles. The van der Waals surface area contributed by atoms with Crippen molar-refractivity contribution in [3.8, 4) is 17.2 Å². The Bertz CT molecular complexity index is 1180. The Labute approximate surface area is 190 Å². The van der Waals surface area contributed by atoms with E-state index >= 15 is 0 Å². The molecule has 0 bridgehead atoms. The first-order valence-corrected chi connectivity index (χ1v) is 10.5. The number of fused-ring (bicyclic) bond motifs is 1. The first-order valence-electron chi connectivity index (χ1n) is 10.1. The van der Waals surface area contributed by atoms with E-state index in [0.717, 1.165) is 24.8 Å². The van der Waals surface area contributed by atoms with Crippen LogP contribution in [0, 0.1) is 10.1 Å². The van der Waals surface area contributed by atoms with Crippen LogP contribution in [0.1, 0.15) is 40.4 Å². The van der Waals surface area contributed by atoms with E-state index in [1.807, 2.05) is 12.1 Å². The Morgan fingerprint density at radius 2 is 1.88 bits per heavy atom. The molecule has 0 saturated carbocycles. The summed E-state index contributed by atoms with van der Waals surface area (Å²) in [5, 5.41) is 14.7. The minimum Gasteiger partial charge on any atom is -0.493 e. The highest BCUT2D eigenvalue weighted by Gasteiger charge is 2.23. The number of hydrogen-bond donors (Lipinski definition) is 1. The van der Waals surface area contributed by atoms with Crippen molar-refractivity contribution in [2.45, 2.75) is 25.3 Å². The quantitative estimate of drug-likeness (QED) is 0.374. The fraction of sp³-hybridized carbons (Fsp3) is 0.208.